The first-order valence-electron chi connectivity index (χ1n) is 9.82. The van der Waals surface area contributed by atoms with Gasteiger partial charge in [0.25, 0.3) is 0 Å². The molecule has 0 amide bonds. The van der Waals surface area contributed by atoms with E-state index in [9.17, 15) is 10.1 Å². The highest BCUT2D eigenvalue weighted by Gasteiger charge is 2.38. The summed E-state index contributed by atoms with van der Waals surface area (Å²) in [6.07, 6.45) is 5.60. The normalized spacial score (nSPS) is 15.8. The van der Waals surface area contributed by atoms with Crippen molar-refractivity contribution in [1.82, 2.24) is 34.1 Å². The van der Waals surface area contributed by atoms with Gasteiger partial charge in [0.15, 0.2) is 11.3 Å². The van der Waals surface area contributed by atoms with Gasteiger partial charge in [-0.3, -0.25) is 14.1 Å². The van der Waals surface area contributed by atoms with Gasteiger partial charge in [0.2, 0.25) is 5.95 Å². The summed E-state index contributed by atoms with van der Waals surface area (Å²) < 4.78 is 8.36. The fraction of sp³-hybridized carbons (Fsp3) is 0.350. The number of anilines is 2. The Morgan fingerprint density at radius 3 is 2.74 bits per heavy atom. The van der Waals surface area contributed by atoms with Crippen molar-refractivity contribution < 1.29 is 4.74 Å². The maximum Gasteiger partial charge on any atom is 0.331 e. The zero-order valence-corrected chi connectivity index (χ0v) is 17.0. The predicted octanol–water partition coefficient (Wildman–Crippen LogP) is 1.55. The van der Waals surface area contributed by atoms with Crippen LogP contribution in [0, 0.1) is 18.3 Å². The van der Waals surface area contributed by atoms with Crippen LogP contribution in [0.4, 0.5) is 11.8 Å². The van der Waals surface area contributed by atoms with E-state index in [-0.39, 0.29) is 11.6 Å². The van der Waals surface area contributed by atoms with Crippen LogP contribution < -0.4 is 11.0 Å². The molecule has 0 aromatic carbocycles. The van der Waals surface area contributed by atoms with E-state index in [2.05, 4.69) is 36.3 Å². The number of imidazole rings is 1. The molecule has 11 heteroatoms. The van der Waals surface area contributed by atoms with Crippen molar-refractivity contribution in [2.24, 2.45) is 7.05 Å². The number of pyridine rings is 1. The van der Waals surface area contributed by atoms with Gasteiger partial charge in [-0.05, 0) is 18.6 Å². The number of nitriles is 1. The Labute approximate surface area is 176 Å². The van der Waals surface area contributed by atoms with Gasteiger partial charge in [-0.15, -0.1) is 0 Å². The van der Waals surface area contributed by atoms with Crippen LogP contribution >= 0.6 is 0 Å². The van der Waals surface area contributed by atoms with E-state index in [4.69, 9.17) is 4.74 Å². The lowest BCUT2D eigenvalue weighted by molar-refractivity contribution is 0.0448. The summed E-state index contributed by atoms with van der Waals surface area (Å²) in [5.74, 6) is 0.809. The maximum absolute atomic E-state index is 13.0. The van der Waals surface area contributed by atoms with Crippen LogP contribution in [0.15, 0.2) is 29.5 Å². The number of nitrogens with one attached hydrogen (secondary N) is 1. The minimum atomic E-state index is -1.01. The standard InChI is InChI=1S/C20H19N9O2/c1-12-9-13-16(23-6-5-22-13)25-15(12)26-18-24-10-14-17(27-18)29(19(30)28(14)2)20(11-21)3-7-31-8-4-20/h5-6,9-10H,3-4,7-8H2,1-2H3,(H,23,24,25,26,27). The molecule has 0 radical (unpaired) electrons. The third kappa shape index (κ3) is 3.00. The van der Waals surface area contributed by atoms with E-state index in [1.807, 2.05) is 13.0 Å². The minimum absolute atomic E-state index is 0.269. The van der Waals surface area contributed by atoms with E-state index < -0.39 is 5.54 Å². The van der Waals surface area contributed by atoms with Crippen molar-refractivity contribution in [1.29, 1.82) is 5.26 Å². The zero-order chi connectivity index (χ0) is 21.6. The quantitative estimate of drug-likeness (QED) is 0.526. The first-order valence-corrected chi connectivity index (χ1v) is 9.82. The number of fused-ring (bicyclic) bond motifs is 2. The Balaban J connectivity index is 1.63. The van der Waals surface area contributed by atoms with Crippen molar-refractivity contribution in [3.63, 3.8) is 0 Å². The van der Waals surface area contributed by atoms with E-state index >= 15 is 0 Å². The summed E-state index contributed by atoms with van der Waals surface area (Å²) in [5, 5.41) is 13.1. The number of ether oxygens (including phenoxy) is 1. The Kier molecular flexibility index (Phi) is 4.37. The summed E-state index contributed by atoms with van der Waals surface area (Å²) in [7, 11) is 1.65. The van der Waals surface area contributed by atoms with Gasteiger partial charge in [-0.1, -0.05) is 0 Å². The molecule has 5 heterocycles. The smallest absolute Gasteiger partial charge is 0.331 e. The molecule has 11 nitrogen and oxygen atoms in total. The molecule has 0 bridgehead atoms. The molecular weight excluding hydrogens is 398 g/mol. The average molecular weight is 417 g/mol. The number of nitrogens with zero attached hydrogens (tertiary/aromatic N) is 8. The number of aromatic nitrogens is 7. The van der Waals surface area contributed by atoms with Crippen LogP contribution in [0.25, 0.3) is 22.3 Å². The lowest BCUT2D eigenvalue weighted by Gasteiger charge is -2.31. The molecule has 0 aliphatic carbocycles. The second kappa shape index (κ2) is 7.10. The summed E-state index contributed by atoms with van der Waals surface area (Å²) in [6, 6.07) is 4.22. The van der Waals surface area contributed by atoms with Gasteiger partial charge in [0, 0.05) is 45.5 Å². The zero-order valence-electron chi connectivity index (χ0n) is 17.0. The third-order valence-corrected chi connectivity index (χ3v) is 5.64. The van der Waals surface area contributed by atoms with Crippen LogP contribution in [0.2, 0.25) is 0 Å². The maximum atomic E-state index is 13.0. The topological polar surface area (TPSA) is 136 Å². The SMILES string of the molecule is Cc1cc2nccnc2nc1Nc1ncc2c(n1)n(C1(C#N)CCOCC1)c(=O)n2C. The molecule has 0 unspecified atom stereocenters. The Hall–Kier alpha value is -3.91. The largest absolute Gasteiger partial charge is 0.381 e. The highest BCUT2D eigenvalue weighted by atomic mass is 16.5. The Morgan fingerprint density at radius 2 is 1.97 bits per heavy atom. The second-order valence-electron chi connectivity index (χ2n) is 7.51. The van der Waals surface area contributed by atoms with Crippen molar-refractivity contribution in [2.75, 3.05) is 18.5 Å². The molecule has 1 aliphatic heterocycles. The van der Waals surface area contributed by atoms with Crippen molar-refractivity contribution in [3.05, 3.63) is 40.7 Å². The summed E-state index contributed by atoms with van der Waals surface area (Å²) in [4.78, 5) is 35.0. The molecule has 1 N–H and O–H groups in total. The monoisotopic (exact) mass is 417 g/mol. The molecule has 4 aromatic rings. The Bertz CT molecular complexity index is 1410. The number of aryl methyl sites for hydroxylation is 2. The summed E-state index contributed by atoms with van der Waals surface area (Å²) in [5.41, 5.74) is 1.67. The number of rotatable bonds is 3. The lowest BCUT2D eigenvalue weighted by atomic mass is 9.91. The van der Waals surface area contributed by atoms with Crippen molar-refractivity contribution >= 4 is 34.1 Å². The van der Waals surface area contributed by atoms with Crippen LogP contribution in [0.1, 0.15) is 18.4 Å². The lowest BCUT2D eigenvalue weighted by Crippen LogP contribution is -2.44. The third-order valence-electron chi connectivity index (χ3n) is 5.64. The van der Waals surface area contributed by atoms with Crippen LogP contribution in [0.3, 0.4) is 0 Å². The van der Waals surface area contributed by atoms with Gasteiger partial charge >= 0.3 is 5.69 Å². The number of hydrogen-bond acceptors (Lipinski definition) is 9. The van der Waals surface area contributed by atoms with Crippen LogP contribution in [0.5, 0.6) is 0 Å². The van der Waals surface area contributed by atoms with Gasteiger partial charge < -0.3 is 10.1 Å². The first kappa shape index (κ1) is 19.1. The van der Waals surface area contributed by atoms with Gasteiger partial charge in [0.05, 0.1) is 12.3 Å². The molecule has 31 heavy (non-hydrogen) atoms. The molecular formula is C20H19N9O2. The molecule has 0 spiro atoms. The fourth-order valence-electron chi connectivity index (χ4n) is 3.88. The van der Waals surface area contributed by atoms with E-state index in [0.717, 1.165) is 5.56 Å². The highest BCUT2D eigenvalue weighted by Crippen LogP contribution is 2.30. The molecule has 1 aliphatic rings. The summed E-state index contributed by atoms with van der Waals surface area (Å²) >= 11 is 0. The van der Waals surface area contributed by atoms with Gasteiger partial charge in [-0.25, -0.2) is 19.7 Å². The number of hydrogen-bond donors (Lipinski definition) is 1. The minimum Gasteiger partial charge on any atom is -0.381 e. The summed E-state index contributed by atoms with van der Waals surface area (Å²) in [6.45, 7) is 2.72. The second-order valence-corrected chi connectivity index (χ2v) is 7.51. The molecule has 0 atom stereocenters. The molecule has 5 rings (SSSR count). The van der Waals surface area contributed by atoms with Crippen LogP contribution in [-0.4, -0.2) is 47.3 Å². The van der Waals surface area contributed by atoms with E-state index in [0.29, 0.717) is 54.2 Å². The fourth-order valence-corrected chi connectivity index (χ4v) is 3.88. The average Bonchev–Trinajstić information content (AvgIpc) is 3.04. The molecule has 4 aromatic heterocycles. The highest BCUT2D eigenvalue weighted by molar-refractivity contribution is 5.76. The van der Waals surface area contributed by atoms with E-state index in [1.54, 1.807) is 25.6 Å². The Morgan fingerprint density at radius 1 is 1.19 bits per heavy atom. The van der Waals surface area contributed by atoms with Crippen LogP contribution in [-0.2, 0) is 17.3 Å². The predicted molar refractivity (Wildman–Crippen MR) is 112 cm³/mol. The van der Waals surface area contributed by atoms with E-state index in [1.165, 1.54) is 9.13 Å². The first-order chi connectivity index (χ1) is 15.0. The van der Waals surface area contributed by atoms with Gasteiger partial charge in [-0.2, -0.15) is 10.2 Å². The molecule has 0 saturated carbocycles. The van der Waals surface area contributed by atoms with Gasteiger partial charge in [0.1, 0.15) is 22.4 Å². The van der Waals surface area contributed by atoms with Crippen molar-refractivity contribution in [3.8, 4) is 6.07 Å². The molecule has 1 fully saturated rings. The molecule has 156 valence electrons. The molecule has 1 saturated heterocycles. The van der Waals surface area contributed by atoms with Crippen molar-refractivity contribution in [2.45, 2.75) is 25.3 Å².